The molecule has 0 fully saturated rings. The maximum atomic E-state index is 10.6. The first-order chi connectivity index (χ1) is 9.47. The Kier molecular flexibility index (Phi) is 5.06. The summed E-state index contributed by atoms with van der Waals surface area (Å²) in [5.41, 5.74) is 1.10. The minimum atomic E-state index is -3.90. The summed E-state index contributed by atoms with van der Waals surface area (Å²) in [6.45, 7) is 0.651. The molecule has 10 heteroatoms. The fraction of sp³-hybridized carbons (Fsp3) is 0.500. The summed E-state index contributed by atoms with van der Waals surface area (Å²) in [6.07, 6.45) is 3.79. The molecule has 0 aliphatic carbocycles. The van der Waals surface area contributed by atoms with Crippen molar-refractivity contribution in [3.05, 3.63) is 17.8 Å². The summed E-state index contributed by atoms with van der Waals surface area (Å²) in [4.78, 5) is 29.4. The van der Waals surface area contributed by atoms with Crippen molar-refractivity contribution < 1.29 is 19.1 Å². The van der Waals surface area contributed by atoms with Gasteiger partial charge in [0.05, 0.1) is 6.33 Å². The highest BCUT2D eigenvalue weighted by molar-refractivity contribution is 7.51. The van der Waals surface area contributed by atoms with Gasteiger partial charge < -0.3 is 14.5 Å². The fourth-order valence-corrected chi connectivity index (χ4v) is 2.44. The second-order valence-electron chi connectivity index (χ2n) is 4.18. The number of hydrogen-bond acceptors (Lipinski definition) is 5. The summed E-state index contributed by atoms with van der Waals surface area (Å²) in [5.74, 6) is 0. The van der Waals surface area contributed by atoms with Crippen molar-refractivity contribution in [2.24, 2.45) is 0 Å². The molecule has 0 saturated heterocycles. The first-order valence-corrected chi connectivity index (χ1v) is 8.08. The lowest BCUT2D eigenvalue weighted by molar-refractivity contribution is 0.0769. The summed E-state index contributed by atoms with van der Waals surface area (Å²) in [5, 5.41) is 0.287. The molecule has 2 aromatic rings. The Balaban J connectivity index is 1.79. The standard InChI is InChI=1S/C10H14ClN4O4P/c11-9-8-10(13-5-12-9)15(6-14-8)7-19-3-1-2-4-20(16,17)18/h5-6H,1-4,7H2,(H2,16,17,18). The lowest BCUT2D eigenvalue weighted by Gasteiger charge is -2.06. The first-order valence-electron chi connectivity index (χ1n) is 5.91. The van der Waals surface area contributed by atoms with Gasteiger partial charge in [0.25, 0.3) is 0 Å². The van der Waals surface area contributed by atoms with E-state index in [-0.39, 0.29) is 18.0 Å². The van der Waals surface area contributed by atoms with Gasteiger partial charge in [-0.15, -0.1) is 0 Å². The van der Waals surface area contributed by atoms with Gasteiger partial charge in [-0.3, -0.25) is 9.13 Å². The highest BCUT2D eigenvalue weighted by Gasteiger charge is 2.11. The van der Waals surface area contributed by atoms with Gasteiger partial charge in [0.2, 0.25) is 0 Å². The molecule has 0 amide bonds. The minimum absolute atomic E-state index is 0.118. The molecule has 0 atom stereocenters. The van der Waals surface area contributed by atoms with Crippen molar-refractivity contribution in [2.75, 3.05) is 12.8 Å². The van der Waals surface area contributed by atoms with Gasteiger partial charge >= 0.3 is 7.60 Å². The largest absolute Gasteiger partial charge is 0.361 e. The second-order valence-corrected chi connectivity index (χ2v) is 6.32. The number of halogens is 1. The van der Waals surface area contributed by atoms with Crippen LogP contribution in [0.25, 0.3) is 11.2 Å². The Morgan fingerprint density at radius 3 is 2.85 bits per heavy atom. The Hall–Kier alpha value is -1.05. The first kappa shape index (κ1) is 15.3. The monoisotopic (exact) mass is 320 g/mol. The molecule has 0 aliphatic rings. The average molecular weight is 321 g/mol. The van der Waals surface area contributed by atoms with E-state index < -0.39 is 7.60 Å². The van der Waals surface area contributed by atoms with Crippen molar-refractivity contribution in [3.63, 3.8) is 0 Å². The lowest BCUT2D eigenvalue weighted by atomic mass is 10.4. The highest BCUT2D eigenvalue weighted by Crippen LogP contribution is 2.35. The van der Waals surface area contributed by atoms with Gasteiger partial charge in [-0.1, -0.05) is 11.6 Å². The quantitative estimate of drug-likeness (QED) is 0.451. The van der Waals surface area contributed by atoms with Gasteiger partial charge in [-0.25, -0.2) is 15.0 Å². The van der Waals surface area contributed by atoms with Crippen molar-refractivity contribution in [3.8, 4) is 0 Å². The molecule has 0 aliphatic heterocycles. The zero-order chi connectivity index (χ0) is 14.6. The van der Waals surface area contributed by atoms with Crippen LogP contribution >= 0.6 is 19.2 Å². The molecule has 20 heavy (non-hydrogen) atoms. The van der Waals surface area contributed by atoms with E-state index in [1.165, 1.54) is 6.33 Å². The molecule has 2 heterocycles. The molecular weight excluding hydrogens is 307 g/mol. The number of unbranched alkanes of at least 4 members (excludes halogenated alkanes) is 1. The molecular formula is C10H14ClN4O4P. The van der Waals surface area contributed by atoms with Crippen LogP contribution in [-0.4, -0.2) is 42.1 Å². The number of hydrogen-bond donors (Lipinski definition) is 2. The van der Waals surface area contributed by atoms with Crippen LogP contribution in [0.5, 0.6) is 0 Å². The molecule has 0 bridgehead atoms. The predicted molar refractivity (Wildman–Crippen MR) is 72.4 cm³/mol. The van der Waals surface area contributed by atoms with Crippen LogP contribution < -0.4 is 0 Å². The zero-order valence-corrected chi connectivity index (χ0v) is 12.2. The smallest absolute Gasteiger partial charge is 0.325 e. The van der Waals surface area contributed by atoms with E-state index >= 15 is 0 Å². The van der Waals surface area contributed by atoms with Gasteiger partial charge in [-0.05, 0) is 12.8 Å². The Morgan fingerprint density at radius 1 is 1.30 bits per heavy atom. The number of imidazole rings is 1. The van der Waals surface area contributed by atoms with Crippen LogP contribution in [0.2, 0.25) is 5.15 Å². The third-order valence-electron chi connectivity index (χ3n) is 2.58. The normalized spacial score (nSPS) is 12.2. The molecule has 0 spiro atoms. The molecule has 2 rings (SSSR count). The van der Waals surface area contributed by atoms with Gasteiger partial charge in [0.15, 0.2) is 10.8 Å². The summed E-state index contributed by atoms with van der Waals surface area (Å²) in [6, 6.07) is 0. The van der Waals surface area contributed by atoms with E-state index in [4.69, 9.17) is 26.1 Å². The maximum absolute atomic E-state index is 10.6. The molecule has 0 unspecified atom stereocenters. The Morgan fingerprint density at radius 2 is 2.10 bits per heavy atom. The third-order valence-corrected chi connectivity index (χ3v) is 3.75. The third kappa shape index (κ3) is 4.22. The van der Waals surface area contributed by atoms with Crippen molar-refractivity contribution in [1.29, 1.82) is 0 Å². The van der Waals surface area contributed by atoms with Crippen LogP contribution in [0, 0.1) is 0 Å². The van der Waals surface area contributed by atoms with Crippen molar-refractivity contribution >= 4 is 30.4 Å². The van der Waals surface area contributed by atoms with Crippen LogP contribution in [-0.2, 0) is 16.0 Å². The molecule has 2 aromatic heterocycles. The fourth-order valence-electron chi connectivity index (χ4n) is 1.63. The van der Waals surface area contributed by atoms with E-state index in [2.05, 4.69) is 15.0 Å². The highest BCUT2D eigenvalue weighted by atomic mass is 35.5. The maximum Gasteiger partial charge on any atom is 0.325 e. The number of ether oxygens (including phenoxy) is 1. The van der Waals surface area contributed by atoms with E-state index in [0.29, 0.717) is 30.6 Å². The lowest BCUT2D eigenvalue weighted by Crippen LogP contribution is -2.04. The summed E-state index contributed by atoms with van der Waals surface area (Å²) in [7, 11) is -3.90. The second kappa shape index (κ2) is 6.60. The van der Waals surface area contributed by atoms with Crippen LogP contribution in [0.4, 0.5) is 0 Å². The number of fused-ring (bicyclic) bond motifs is 1. The zero-order valence-electron chi connectivity index (χ0n) is 10.5. The van der Waals surface area contributed by atoms with E-state index in [1.54, 1.807) is 10.9 Å². The van der Waals surface area contributed by atoms with Crippen LogP contribution in [0.1, 0.15) is 12.8 Å². The molecule has 0 saturated carbocycles. The van der Waals surface area contributed by atoms with Gasteiger partial charge in [-0.2, -0.15) is 0 Å². The van der Waals surface area contributed by atoms with E-state index in [1.807, 2.05) is 0 Å². The molecule has 0 radical (unpaired) electrons. The van der Waals surface area contributed by atoms with Gasteiger partial charge in [0, 0.05) is 12.8 Å². The minimum Gasteiger partial charge on any atom is -0.361 e. The molecule has 8 nitrogen and oxygen atoms in total. The van der Waals surface area contributed by atoms with E-state index in [0.717, 1.165) is 0 Å². The van der Waals surface area contributed by atoms with Crippen molar-refractivity contribution in [1.82, 2.24) is 19.5 Å². The molecule has 110 valence electrons. The van der Waals surface area contributed by atoms with Crippen molar-refractivity contribution in [2.45, 2.75) is 19.6 Å². The predicted octanol–water partition coefficient (Wildman–Crippen LogP) is 1.41. The Labute approximate surface area is 119 Å². The number of nitrogens with zero attached hydrogens (tertiary/aromatic N) is 4. The van der Waals surface area contributed by atoms with Gasteiger partial charge in [0.1, 0.15) is 18.6 Å². The van der Waals surface area contributed by atoms with Crippen LogP contribution in [0.15, 0.2) is 12.7 Å². The van der Waals surface area contributed by atoms with Crippen LogP contribution in [0.3, 0.4) is 0 Å². The molecule has 2 N–H and O–H groups in total. The topological polar surface area (TPSA) is 110 Å². The number of aromatic nitrogens is 4. The number of rotatable bonds is 7. The summed E-state index contributed by atoms with van der Waals surface area (Å²) >= 11 is 5.87. The SMILES string of the molecule is O=P(O)(O)CCCCOCn1cnc2c(Cl)ncnc21. The van der Waals surface area contributed by atoms with E-state index in [9.17, 15) is 4.57 Å². The Bertz CT molecular complexity index is 629. The average Bonchev–Trinajstić information content (AvgIpc) is 2.77. The molecule has 0 aromatic carbocycles. The summed E-state index contributed by atoms with van der Waals surface area (Å²) < 4.78 is 17.7.